The maximum atomic E-state index is 5.00. The van der Waals surface area contributed by atoms with Gasteiger partial charge in [-0.15, -0.1) is 0 Å². The third kappa shape index (κ3) is 3.28. The van der Waals surface area contributed by atoms with Gasteiger partial charge in [0.25, 0.3) is 0 Å². The maximum Gasteiger partial charge on any atom is 0.131 e. The molecule has 0 bridgehead atoms. The second kappa shape index (κ2) is 6.87. The Labute approximate surface area is 129 Å². The Kier molecular flexibility index (Phi) is 4.89. The van der Waals surface area contributed by atoms with Crippen LogP contribution in [0.2, 0.25) is 0 Å². The molecule has 1 N–H and O–H groups in total. The highest BCUT2D eigenvalue weighted by atomic mass is 15.0. The van der Waals surface area contributed by atoms with Crippen molar-refractivity contribution in [2.24, 2.45) is 5.92 Å². The third-order valence-electron chi connectivity index (χ3n) is 5.31. The molecule has 3 nitrogen and oxygen atoms in total. The monoisotopic (exact) mass is 287 g/mol. The van der Waals surface area contributed by atoms with Crippen LogP contribution in [0.5, 0.6) is 0 Å². The van der Waals surface area contributed by atoms with E-state index in [1.54, 1.807) is 0 Å². The summed E-state index contributed by atoms with van der Waals surface area (Å²) < 4.78 is 0. The summed E-state index contributed by atoms with van der Waals surface area (Å²) in [6, 6.07) is 0. The molecule has 0 saturated heterocycles. The Hall–Kier alpha value is -0.960. The topological polar surface area (TPSA) is 37.8 Å². The standard InChI is InChI=1S/C18H29N3/c1-3-5-16-15-12-19-11-10-17(15)21-18(20-16)14-8-6-13(4-2)7-9-14/h13-14,19H,3-12H2,1-2H3. The van der Waals surface area contributed by atoms with Crippen molar-refractivity contribution in [1.29, 1.82) is 0 Å². The summed E-state index contributed by atoms with van der Waals surface area (Å²) in [4.78, 5) is 9.98. The molecular formula is C18H29N3. The van der Waals surface area contributed by atoms with Gasteiger partial charge >= 0.3 is 0 Å². The van der Waals surface area contributed by atoms with Crippen LogP contribution in [0.4, 0.5) is 0 Å². The Morgan fingerprint density at radius 1 is 1.10 bits per heavy atom. The smallest absolute Gasteiger partial charge is 0.131 e. The first-order chi connectivity index (χ1) is 10.3. The zero-order chi connectivity index (χ0) is 14.7. The fourth-order valence-corrected chi connectivity index (χ4v) is 3.89. The van der Waals surface area contributed by atoms with Crippen molar-refractivity contribution in [3.05, 3.63) is 22.8 Å². The summed E-state index contributed by atoms with van der Waals surface area (Å²) in [6.45, 7) is 6.61. The van der Waals surface area contributed by atoms with Crippen LogP contribution in [0.25, 0.3) is 0 Å². The molecule has 0 radical (unpaired) electrons. The van der Waals surface area contributed by atoms with Crippen molar-refractivity contribution in [1.82, 2.24) is 15.3 Å². The van der Waals surface area contributed by atoms with Crippen LogP contribution in [-0.4, -0.2) is 16.5 Å². The lowest BCUT2D eigenvalue weighted by atomic mass is 9.80. The molecule has 0 aromatic carbocycles. The molecule has 2 heterocycles. The summed E-state index contributed by atoms with van der Waals surface area (Å²) >= 11 is 0. The first-order valence-corrected chi connectivity index (χ1v) is 8.91. The predicted molar refractivity (Wildman–Crippen MR) is 86.4 cm³/mol. The molecule has 3 heteroatoms. The zero-order valence-corrected chi connectivity index (χ0v) is 13.6. The van der Waals surface area contributed by atoms with Gasteiger partial charge < -0.3 is 5.32 Å². The lowest BCUT2D eigenvalue weighted by Gasteiger charge is -2.28. The Morgan fingerprint density at radius 3 is 2.62 bits per heavy atom. The van der Waals surface area contributed by atoms with Crippen LogP contribution < -0.4 is 5.32 Å². The van der Waals surface area contributed by atoms with Crippen molar-refractivity contribution in [3.63, 3.8) is 0 Å². The van der Waals surface area contributed by atoms with E-state index >= 15 is 0 Å². The summed E-state index contributed by atoms with van der Waals surface area (Å²) in [7, 11) is 0. The fraction of sp³-hybridized carbons (Fsp3) is 0.778. The highest BCUT2D eigenvalue weighted by Gasteiger charge is 2.25. The molecule has 1 aromatic rings. The average molecular weight is 287 g/mol. The van der Waals surface area contributed by atoms with Crippen molar-refractivity contribution < 1.29 is 0 Å². The van der Waals surface area contributed by atoms with Crippen LogP contribution >= 0.6 is 0 Å². The molecule has 1 aliphatic carbocycles. The molecule has 3 rings (SSSR count). The van der Waals surface area contributed by atoms with Gasteiger partial charge in [-0.25, -0.2) is 9.97 Å². The number of aromatic nitrogens is 2. The minimum absolute atomic E-state index is 0.614. The Morgan fingerprint density at radius 2 is 1.90 bits per heavy atom. The van der Waals surface area contributed by atoms with Gasteiger partial charge in [-0.1, -0.05) is 26.7 Å². The zero-order valence-electron chi connectivity index (χ0n) is 13.6. The lowest BCUT2D eigenvalue weighted by molar-refractivity contribution is 0.311. The summed E-state index contributed by atoms with van der Waals surface area (Å²) in [6.07, 6.45) is 10.0. The normalized spacial score (nSPS) is 25.6. The molecule has 0 unspecified atom stereocenters. The number of hydrogen-bond donors (Lipinski definition) is 1. The molecular weight excluding hydrogens is 258 g/mol. The third-order valence-corrected chi connectivity index (χ3v) is 5.31. The minimum Gasteiger partial charge on any atom is -0.312 e. The molecule has 21 heavy (non-hydrogen) atoms. The van der Waals surface area contributed by atoms with Crippen LogP contribution in [0.1, 0.15) is 81.1 Å². The van der Waals surface area contributed by atoms with Gasteiger partial charge in [-0.3, -0.25) is 0 Å². The molecule has 2 aliphatic rings. The molecule has 0 spiro atoms. The van der Waals surface area contributed by atoms with Gasteiger partial charge in [-0.2, -0.15) is 0 Å². The second-order valence-corrected chi connectivity index (χ2v) is 6.76. The van der Waals surface area contributed by atoms with E-state index in [4.69, 9.17) is 9.97 Å². The van der Waals surface area contributed by atoms with Crippen molar-refractivity contribution >= 4 is 0 Å². The van der Waals surface area contributed by atoms with E-state index in [2.05, 4.69) is 19.2 Å². The summed E-state index contributed by atoms with van der Waals surface area (Å²) in [5.74, 6) is 2.72. The van der Waals surface area contributed by atoms with Crippen LogP contribution in [0, 0.1) is 5.92 Å². The van der Waals surface area contributed by atoms with Crippen LogP contribution in [0.3, 0.4) is 0 Å². The fourth-order valence-electron chi connectivity index (χ4n) is 3.89. The molecule has 1 aliphatic heterocycles. The molecule has 0 amide bonds. The van der Waals surface area contributed by atoms with E-state index in [-0.39, 0.29) is 0 Å². The molecule has 1 fully saturated rings. The average Bonchev–Trinajstić information content (AvgIpc) is 2.55. The number of fused-ring (bicyclic) bond motifs is 1. The van der Waals surface area contributed by atoms with E-state index in [0.29, 0.717) is 5.92 Å². The molecule has 1 saturated carbocycles. The highest BCUT2D eigenvalue weighted by Crippen LogP contribution is 2.36. The number of rotatable bonds is 4. The highest BCUT2D eigenvalue weighted by molar-refractivity contribution is 5.29. The number of nitrogens with one attached hydrogen (secondary N) is 1. The SMILES string of the molecule is CCCc1nc(C2CCC(CC)CC2)nc2c1CNCC2. The van der Waals surface area contributed by atoms with E-state index in [9.17, 15) is 0 Å². The van der Waals surface area contributed by atoms with Gasteiger partial charge in [0, 0.05) is 36.7 Å². The number of hydrogen-bond acceptors (Lipinski definition) is 3. The van der Waals surface area contributed by atoms with Gasteiger partial charge in [-0.05, 0) is 38.0 Å². The summed E-state index contributed by atoms with van der Waals surface area (Å²) in [5, 5.41) is 3.47. The van der Waals surface area contributed by atoms with Crippen molar-refractivity contribution in [3.8, 4) is 0 Å². The van der Waals surface area contributed by atoms with Gasteiger partial charge in [0.05, 0.1) is 5.69 Å². The van der Waals surface area contributed by atoms with E-state index in [0.717, 1.165) is 37.7 Å². The van der Waals surface area contributed by atoms with Gasteiger partial charge in [0.15, 0.2) is 0 Å². The van der Waals surface area contributed by atoms with E-state index in [1.165, 1.54) is 55.5 Å². The largest absolute Gasteiger partial charge is 0.312 e. The number of aryl methyl sites for hydroxylation is 1. The molecule has 1 aromatic heterocycles. The van der Waals surface area contributed by atoms with Crippen molar-refractivity contribution in [2.75, 3.05) is 6.54 Å². The maximum absolute atomic E-state index is 5.00. The predicted octanol–water partition coefficient (Wildman–Crippen LogP) is 3.76. The molecule has 116 valence electrons. The van der Waals surface area contributed by atoms with E-state index in [1.807, 2.05) is 0 Å². The van der Waals surface area contributed by atoms with E-state index < -0.39 is 0 Å². The van der Waals surface area contributed by atoms with Crippen LogP contribution in [0.15, 0.2) is 0 Å². The lowest BCUT2D eigenvalue weighted by Crippen LogP contribution is -2.28. The van der Waals surface area contributed by atoms with Crippen LogP contribution in [-0.2, 0) is 19.4 Å². The first-order valence-electron chi connectivity index (χ1n) is 8.91. The second-order valence-electron chi connectivity index (χ2n) is 6.76. The van der Waals surface area contributed by atoms with Gasteiger partial charge in [0.1, 0.15) is 5.82 Å². The van der Waals surface area contributed by atoms with Gasteiger partial charge in [0.2, 0.25) is 0 Å². The first kappa shape index (κ1) is 15.0. The Bertz CT molecular complexity index is 476. The quantitative estimate of drug-likeness (QED) is 0.916. The van der Waals surface area contributed by atoms with Crippen molar-refractivity contribution in [2.45, 2.75) is 77.7 Å². The Balaban J connectivity index is 1.83. The summed E-state index contributed by atoms with van der Waals surface area (Å²) in [5.41, 5.74) is 4.05. The minimum atomic E-state index is 0.614. The number of nitrogens with zero attached hydrogens (tertiary/aromatic N) is 2. The molecule has 0 atom stereocenters.